The molecule has 8 nitrogen and oxygen atoms in total. The number of H-pyrrole nitrogens is 1. The lowest BCUT2D eigenvalue weighted by Gasteiger charge is -2.21. The van der Waals surface area contributed by atoms with Gasteiger partial charge in [0.1, 0.15) is 0 Å². The van der Waals surface area contributed by atoms with Crippen LogP contribution in [0.1, 0.15) is 31.0 Å². The summed E-state index contributed by atoms with van der Waals surface area (Å²) in [6.07, 6.45) is 5.87. The minimum absolute atomic E-state index is 0.0437. The summed E-state index contributed by atoms with van der Waals surface area (Å²) < 4.78 is 0. The normalized spacial score (nSPS) is 14.0. The number of aromatic amines is 1. The summed E-state index contributed by atoms with van der Waals surface area (Å²) in [5, 5.41) is 22.2. The van der Waals surface area contributed by atoms with E-state index in [4.69, 9.17) is 0 Å². The lowest BCUT2D eigenvalue weighted by atomic mass is 10.1. The van der Waals surface area contributed by atoms with Crippen molar-refractivity contribution in [1.29, 1.82) is 0 Å². The van der Waals surface area contributed by atoms with Crippen LogP contribution in [0.25, 0.3) is 23.1 Å². The Labute approximate surface area is 167 Å². The summed E-state index contributed by atoms with van der Waals surface area (Å²) >= 11 is 0. The van der Waals surface area contributed by atoms with Crippen LogP contribution in [-0.2, 0) is 4.79 Å². The molecule has 0 bridgehead atoms. The van der Waals surface area contributed by atoms with Crippen molar-refractivity contribution in [3.63, 3.8) is 0 Å². The Bertz CT molecular complexity index is 1110. The number of hydrogen-bond donors (Lipinski definition) is 2. The average Bonchev–Trinajstić information content (AvgIpc) is 3.35. The van der Waals surface area contributed by atoms with Gasteiger partial charge in [-0.1, -0.05) is 18.2 Å². The van der Waals surface area contributed by atoms with Crippen LogP contribution in [-0.4, -0.2) is 34.1 Å². The summed E-state index contributed by atoms with van der Waals surface area (Å²) in [5.74, 6) is -0.123. The van der Waals surface area contributed by atoms with Gasteiger partial charge in [-0.2, -0.15) is 5.10 Å². The van der Waals surface area contributed by atoms with E-state index in [1.165, 1.54) is 19.1 Å². The molecule has 0 atom stereocenters. The summed E-state index contributed by atoms with van der Waals surface area (Å²) in [6, 6.07) is 10.4. The zero-order valence-electron chi connectivity index (χ0n) is 16.0. The first-order chi connectivity index (χ1) is 14.0. The molecule has 1 amide bonds. The minimum atomic E-state index is -0.416. The van der Waals surface area contributed by atoms with Crippen molar-refractivity contribution >= 4 is 46.0 Å². The molecule has 4 rings (SSSR count). The Hall–Kier alpha value is -3.68. The number of nitro benzene ring substituents is 1. The maximum Gasteiger partial charge on any atom is 0.270 e. The maximum absolute atomic E-state index is 11.7. The van der Waals surface area contributed by atoms with Crippen LogP contribution < -0.4 is 10.2 Å². The van der Waals surface area contributed by atoms with E-state index in [0.29, 0.717) is 11.3 Å². The largest absolute Gasteiger partial charge is 0.370 e. The van der Waals surface area contributed by atoms with Gasteiger partial charge in [0.2, 0.25) is 5.91 Å². The second kappa shape index (κ2) is 7.75. The molecule has 1 saturated heterocycles. The van der Waals surface area contributed by atoms with Crippen LogP contribution in [0, 0.1) is 10.1 Å². The summed E-state index contributed by atoms with van der Waals surface area (Å²) in [4.78, 5) is 24.5. The van der Waals surface area contributed by atoms with Gasteiger partial charge in [0.15, 0.2) is 0 Å². The first kappa shape index (κ1) is 18.7. The molecule has 2 aromatic carbocycles. The number of nitro groups is 1. The number of benzene rings is 2. The highest BCUT2D eigenvalue weighted by molar-refractivity contribution is 6.00. The Balaban J connectivity index is 1.71. The molecule has 2 N–H and O–H groups in total. The predicted molar refractivity (Wildman–Crippen MR) is 114 cm³/mol. The molecule has 29 heavy (non-hydrogen) atoms. The third-order valence-electron chi connectivity index (χ3n) is 4.98. The molecule has 0 spiro atoms. The average molecular weight is 391 g/mol. The number of hydrogen-bond acceptors (Lipinski definition) is 5. The minimum Gasteiger partial charge on any atom is -0.370 e. The van der Waals surface area contributed by atoms with Gasteiger partial charge < -0.3 is 10.2 Å². The lowest BCUT2D eigenvalue weighted by molar-refractivity contribution is -0.384. The van der Waals surface area contributed by atoms with Crippen molar-refractivity contribution < 1.29 is 9.72 Å². The maximum atomic E-state index is 11.7. The van der Waals surface area contributed by atoms with Crippen molar-refractivity contribution in [2.75, 3.05) is 23.3 Å². The molecule has 8 heteroatoms. The summed E-state index contributed by atoms with van der Waals surface area (Å²) in [6.45, 7) is 3.42. The van der Waals surface area contributed by atoms with Crippen molar-refractivity contribution in [2.45, 2.75) is 19.8 Å². The van der Waals surface area contributed by atoms with Crippen LogP contribution in [0.4, 0.5) is 17.1 Å². The van der Waals surface area contributed by atoms with E-state index in [9.17, 15) is 14.9 Å². The molecule has 1 fully saturated rings. The number of anilines is 2. The number of nitrogens with zero attached hydrogens (tertiary/aromatic N) is 3. The Morgan fingerprint density at radius 3 is 2.76 bits per heavy atom. The second-order valence-corrected chi connectivity index (χ2v) is 7.08. The number of rotatable bonds is 5. The highest BCUT2D eigenvalue weighted by Crippen LogP contribution is 2.34. The molecule has 3 aromatic rings. The van der Waals surface area contributed by atoms with Crippen LogP contribution >= 0.6 is 0 Å². The highest BCUT2D eigenvalue weighted by Gasteiger charge is 2.19. The van der Waals surface area contributed by atoms with Crippen molar-refractivity contribution in [2.24, 2.45) is 0 Å². The van der Waals surface area contributed by atoms with Crippen molar-refractivity contribution in [3.8, 4) is 0 Å². The van der Waals surface area contributed by atoms with Crippen LogP contribution in [0.5, 0.6) is 0 Å². The van der Waals surface area contributed by atoms with Crippen LogP contribution in [0.2, 0.25) is 0 Å². The first-order valence-electron chi connectivity index (χ1n) is 9.48. The number of carbonyl (C=O) groups excluding carboxylic acids is 1. The van der Waals surface area contributed by atoms with Gasteiger partial charge in [-0.25, -0.2) is 0 Å². The Morgan fingerprint density at radius 2 is 2.03 bits per heavy atom. The number of carbonyl (C=O) groups is 1. The zero-order chi connectivity index (χ0) is 20.4. The zero-order valence-corrected chi connectivity index (χ0v) is 16.0. The smallest absolute Gasteiger partial charge is 0.270 e. The molecule has 0 aliphatic carbocycles. The fourth-order valence-electron chi connectivity index (χ4n) is 3.63. The topological polar surface area (TPSA) is 104 Å². The van der Waals surface area contributed by atoms with E-state index < -0.39 is 4.92 Å². The van der Waals surface area contributed by atoms with E-state index in [-0.39, 0.29) is 11.6 Å². The number of amides is 1. The van der Waals surface area contributed by atoms with E-state index in [1.54, 1.807) is 18.2 Å². The van der Waals surface area contributed by atoms with Gasteiger partial charge in [0, 0.05) is 37.5 Å². The van der Waals surface area contributed by atoms with Gasteiger partial charge in [-0.3, -0.25) is 20.0 Å². The van der Waals surface area contributed by atoms with Crippen molar-refractivity contribution in [3.05, 3.63) is 57.8 Å². The Kier molecular flexibility index (Phi) is 4.99. The summed E-state index contributed by atoms with van der Waals surface area (Å²) in [5.41, 5.74) is 4.08. The SMILES string of the molecule is CC(=O)Nc1cc2c(C=Cc3cccc([N+](=O)[O-])c3)n[nH]c2cc1N1CCCC1. The molecule has 0 radical (unpaired) electrons. The van der Waals surface area contributed by atoms with Gasteiger partial charge in [0.25, 0.3) is 5.69 Å². The second-order valence-electron chi connectivity index (χ2n) is 7.08. The van der Waals surface area contributed by atoms with Crippen molar-refractivity contribution in [1.82, 2.24) is 10.2 Å². The Morgan fingerprint density at radius 1 is 1.24 bits per heavy atom. The standard InChI is InChI=1S/C21H21N5O3/c1-14(27)22-20-12-17-18(8-7-15-5-4-6-16(11-15)26(28)29)23-24-19(17)13-21(20)25-9-2-3-10-25/h4-8,11-13H,2-3,9-10H2,1H3,(H,22,27)(H,23,24). The molecule has 0 unspecified atom stereocenters. The molecule has 1 aromatic heterocycles. The number of nitrogens with one attached hydrogen (secondary N) is 2. The monoisotopic (exact) mass is 391 g/mol. The number of non-ortho nitro benzene ring substituents is 1. The predicted octanol–water partition coefficient (Wildman–Crippen LogP) is 4.20. The van der Waals surface area contributed by atoms with Gasteiger partial charge in [-0.15, -0.1) is 0 Å². The van der Waals surface area contributed by atoms with Gasteiger partial charge in [-0.05, 0) is 36.6 Å². The van der Waals surface area contributed by atoms with Gasteiger partial charge in [0.05, 0.1) is 27.5 Å². The molecular weight excluding hydrogens is 370 g/mol. The molecule has 1 aliphatic heterocycles. The van der Waals surface area contributed by atoms with E-state index in [2.05, 4.69) is 20.4 Å². The van der Waals surface area contributed by atoms with E-state index in [1.807, 2.05) is 18.2 Å². The third-order valence-corrected chi connectivity index (χ3v) is 4.98. The third kappa shape index (κ3) is 3.96. The number of fused-ring (bicyclic) bond motifs is 1. The molecule has 148 valence electrons. The van der Waals surface area contributed by atoms with Crippen LogP contribution in [0.15, 0.2) is 36.4 Å². The molecule has 2 heterocycles. The molecule has 1 aliphatic rings. The number of aromatic nitrogens is 2. The van der Waals surface area contributed by atoms with E-state index >= 15 is 0 Å². The fraction of sp³-hybridized carbons (Fsp3) is 0.238. The first-order valence-corrected chi connectivity index (χ1v) is 9.48. The molecular formula is C21H21N5O3. The lowest BCUT2D eigenvalue weighted by Crippen LogP contribution is -2.20. The summed E-state index contributed by atoms with van der Waals surface area (Å²) in [7, 11) is 0. The highest BCUT2D eigenvalue weighted by atomic mass is 16.6. The fourth-order valence-corrected chi connectivity index (χ4v) is 3.63. The van der Waals surface area contributed by atoms with E-state index in [0.717, 1.165) is 48.2 Å². The molecule has 0 saturated carbocycles. The van der Waals surface area contributed by atoms with Gasteiger partial charge >= 0.3 is 0 Å². The quantitative estimate of drug-likeness (QED) is 0.501. The van der Waals surface area contributed by atoms with Crippen LogP contribution in [0.3, 0.4) is 0 Å².